The van der Waals surface area contributed by atoms with Crippen LogP contribution in [0.3, 0.4) is 0 Å². The molecule has 24 heavy (non-hydrogen) atoms. The molecule has 126 valence electrons. The maximum atomic E-state index is 12.4. The SMILES string of the molecule is CC(C)OC(=O)c1cncn1C1c2ccccc2C(=O)OC1(C)C. The quantitative estimate of drug-likeness (QED) is 0.810. The third-order valence-corrected chi connectivity index (χ3v) is 3.99. The highest BCUT2D eigenvalue weighted by Crippen LogP contribution is 2.40. The normalized spacial score (nSPS) is 18.9. The summed E-state index contributed by atoms with van der Waals surface area (Å²) in [5.41, 5.74) is 0.794. The van der Waals surface area contributed by atoms with Crippen molar-refractivity contribution in [2.75, 3.05) is 0 Å². The summed E-state index contributed by atoms with van der Waals surface area (Å²) in [6.45, 7) is 7.23. The lowest BCUT2D eigenvalue weighted by Gasteiger charge is -2.40. The molecule has 1 aliphatic rings. The van der Waals surface area contributed by atoms with Crippen LogP contribution in [0.1, 0.15) is 60.1 Å². The first kappa shape index (κ1) is 16.2. The number of aromatic nitrogens is 2. The van der Waals surface area contributed by atoms with Gasteiger partial charge in [-0.2, -0.15) is 0 Å². The molecule has 0 fully saturated rings. The molecule has 1 atom stereocenters. The first-order valence-corrected chi connectivity index (χ1v) is 7.86. The second-order valence-electron chi connectivity index (χ2n) is 6.62. The highest BCUT2D eigenvalue weighted by molar-refractivity contribution is 5.93. The van der Waals surface area contributed by atoms with E-state index in [1.165, 1.54) is 6.20 Å². The summed E-state index contributed by atoms with van der Waals surface area (Å²) in [5, 5.41) is 0. The lowest BCUT2D eigenvalue weighted by atomic mass is 9.85. The van der Waals surface area contributed by atoms with Gasteiger partial charge in [-0.1, -0.05) is 18.2 Å². The van der Waals surface area contributed by atoms with Crippen LogP contribution in [0, 0.1) is 0 Å². The minimum Gasteiger partial charge on any atom is -0.458 e. The lowest BCUT2D eigenvalue weighted by molar-refractivity contribution is -0.0267. The van der Waals surface area contributed by atoms with Crippen molar-refractivity contribution >= 4 is 11.9 Å². The second-order valence-corrected chi connectivity index (χ2v) is 6.62. The smallest absolute Gasteiger partial charge is 0.356 e. The molecule has 2 aromatic rings. The molecule has 1 unspecified atom stereocenters. The van der Waals surface area contributed by atoms with E-state index in [-0.39, 0.29) is 18.1 Å². The molecule has 0 bridgehead atoms. The number of nitrogens with zero attached hydrogens (tertiary/aromatic N) is 2. The molecule has 0 radical (unpaired) electrons. The van der Waals surface area contributed by atoms with Crippen molar-refractivity contribution in [3.05, 3.63) is 53.6 Å². The minimum absolute atomic E-state index is 0.231. The summed E-state index contributed by atoms with van der Waals surface area (Å²) in [5.74, 6) is -0.814. The van der Waals surface area contributed by atoms with Gasteiger partial charge in [-0.3, -0.25) is 0 Å². The number of hydrogen-bond donors (Lipinski definition) is 0. The van der Waals surface area contributed by atoms with Gasteiger partial charge in [0.2, 0.25) is 0 Å². The Morgan fingerprint density at radius 2 is 2.04 bits per heavy atom. The van der Waals surface area contributed by atoms with Crippen LogP contribution in [0.4, 0.5) is 0 Å². The predicted molar refractivity (Wildman–Crippen MR) is 86.9 cm³/mol. The Morgan fingerprint density at radius 1 is 1.33 bits per heavy atom. The van der Waals surface area contributed by atoms with Crippen LogP contribution in [0.25, 0.3) is 0 Å². The second kappa shape index (κ2) is 5.78. The fraction of sp³-hybridized carbons (Fsp3) is 0.389. The molecule has 6 nitrogen and oxygen atoms in total. The van der Waals surface area contributed by atoms with Crippen LogP contribution in [-0.4, -0.2) is 33.2 Å². The van der Waals surface area contributed by atoms with Gasteiger partial charge in [0.1, 0.15) is 17.3 Å². The van der Waals surface area contributed by atoms with Crippen molar-refractivity contribution in [2.24, 2.45) is 0 Å². The van der Waals surface area contributed by atoms with Gasteiger partial charge in [-0.05, 0) is 39.3 Å². The maximum absolute atomic E-state index is 12.4. The fourth-order valence-corrected chi connectivity index (χ4v) is 3.07. The Balaban J connectivity index is 2.12. The standard InChI is InChI=1S/C18H20N2O4/c1-11(2)23-17(22)14-9-19-10-20(14)15-12-7-5-6-8-13(12)16(21)24-18(15,3)4/h5-11,15H,1-4H3. The number of carbonyl (C=O) groups excluding carboxylic acids is 2. The molecular weight excluding hydrogens is 308 g/mol. The summed E-state index contributed by atoms with van der Waals surface area (Å²) >= 11 is 0. The topological polar surface area (TPSA) is 70.4 Å². The maximum Gasteiger partial charge on any atom is 0.356 e. The molecule has 6 heteroatoms. The van der Waals surface area contributed by atoms with E-state index in [1.807, 2.05) is 26.0 Å². The number of benzene rings is 1. The first-order valence-electron chi connectivity index (χ1n) is 7.86. The molecule has 0 N–H and O–H groups in total. The summed E-state index contributed by atoms with van der Waals surface area (Å²) in [7, 11) is 0. The number of cyclic esters (lactones) is 1. The van der Waals surface area contributed by atoms with Crippen molar-refractivity contribution < 1.29 is 19.1 Å². The molecule has 0 spiro atoms. The van der Waals surface area contributed by atoms with Crippen LogP contribution in [-0.2, 0) is 9.47 Å². The zero-order chi connectivity index (χ0) is 17.5. The van der Waals surface area contributed by atoms with Crippen molar-refractivity contribution in [1.29, 1.82) is 0 Å². The van der Waals surface area contributed by atoms with E-state index in [4.69, 9.17) is 9.47 Å². The summed E-state index contributed by atoms with van der Waals surface area (Å²) in [6.07, 6.45) is 2.81. The number of carbonyl (C=O) groups is 2. The van der Waals surface area contributed by atoms with Gasteiger partial charge in [-0.15, -0.1) is 0 Å². The Bertz CT molecular complexity index is 792. The third kappa shape index (κ3) is 2.68. The molecular formula is C18H20N2O4. The van der Waals surface area contributed by atoms with Crippen molar-refractivity contribution in [1.82, 2.24) is 9.55 Å². The van der Waals surface area contributed by atoms with E-state index in [9.17, 15) is 9.59 Å². The summed E-state index contributed by atoms with van der Waals surface area (Å²) in [6, 6.07) is 6.88. The number of rotatable bonds is 3. The highest BCUT2D eigenvalue weighted by atomic mass is 16.6. The van der Waals surface area contributed by atoms with Crippen LogP contribution in [0.15, 0.2) is 36.8 Å². The van der Waals surface area contributed by atoms with E-state index in [2.05, 4.69) is 4.98 Å². The molecule has 1 aromatic heterocycles. The van der Waals surface area contributed by atoms with Gasteiger partial charge in [0.05, 0.1) is 24.2 Å². The number of esters is 2. The average Bonchev–Trinajstić information content (AvgIpc) is 2.94. The van der Waals surface area contributed by atoms with Gasteiger partial charge in [0, 0.05) is 0 Å². The molecule has 0 amide bonds. The van der Waals surface area contributed by atoms with E-state index in [0.717, 1.165) is 5.56 Å². The van der Waals surface area contributed by atoms with Crippen molar-refractivity contribution in [3.8, 4) is 0 Å². The van der Waals surface area contributed by atoms with Crippen LogP contribution < -0.4 is 0 Å². The molecule has 0 saturated carbocycles. The van der Waals surface area contributed by atoms with Gasteiger partial charge < -0.3 is 14.0 Å². The molecule has 3 rings (SSSR count). The van der Waals surface area contributed by atoms with E-state index >= 15 is 0 Å². The van der Waals surface area contributed by atoms with E-state index < -0.39 is 11.6 Å². The number of ether oxygens (including phenoxy) is 2. The Kier molecular flexibility index (Phi) is 3.91. The van der Waals surface area contributed by atoms with Crippen LogP contribution >= 0.6 is 0 Å². The van der Waals surface area contributed by atoms with Gasteiger partial charge in [0.25, 0.3) is 0 Å². The average molecular weight is 328 g/mol. The molecule has 2 heterocycles. The molecule has 1 aromatic carbocycles. The van der Waals surface area contributed by atoms with Crippen LogP contribution in [0.2, 0.25) is 0 Å². The molecule has 1 aliphatic heterocycles. The number of fused-ring (bicyclic) bond motifs is 1. The Labute approximate surface area is 140 Å². The van der Waals surface area contributed by atoms with E-state index in [1.54, 1.807) is 36.9 Å². The zero-order valence-electron chi connectivity index (χ0n) is 14.1. The first-order chi connectivity index (χ1) is 11.3. The zero-order valence-corrected chi connectivity index (χ0v) is 14.1. The predicted octanol–water partition coefficient (Wildman–Crippen LogP) is 2.99. The highest BCUT2D eigenvalue weighted by Gasteiger charge is 2.43. The Morgan fingerprint density at radius 3 is 2.75 bits per heavy atom. The Hall–Kier alpha value is -2.63. The lowest BCUT2D eigenvalue weighted by Crippen LogP contribution is -2.44. The fourth-order valence-electron chi connectivity index (χ4n) is 3.07. The molecule has 0 saturated heterocycles. The van der Waals surface area contributed by atoms with Gasteiger partial charge in [0.15, 0.2) is 0 Å². The number of hydrogen-bond acceptors (Lipinski definition) is 5. The van der Waals surface area contributed by atoms with Crippen molar-refractivity contribution in [2.45, 2.75) is 45.4 Å². The van der Waals surface area contributed by atoms with Crippen molar-refractivity contribution in [3.63, 3.8) is 0 Å². The van der Waals surface area contributed by atoms with E-state index in [0.29, 0.717) is 11.3 Å². The van der Waals surface area contributed by atoms with Gasteiger partial charge in [-0.25, -0.2) is 14.6 Å². The number of imidazole rings is 1. The largest absolute Gasteiger partial charge is 0.458 e. The summed E-state index contributed by atoms with van der Waals surface area (Å²) < 4.78 is 12.6. The van der Waals surface area contributed by atoms with Gasteiger partial charge >= 0.3 is 11.9 Å². The monoisotopic (exact) mass is 328 g/mol. The minimum atomic E-state index is -0.834. The molecule has 0 aliphatic carbocycles. The third-order valence-electron chi connectivity index (χ3n) is 3.99. The van der Waals surface area contributed by atoms with Crippen LogP contribution in [0.5, 0.6) is 0 Å². The summed E-state index contributed by atoms with van der Waals surface area (Å²) in [4.78, 5) is 28.7.